The zero-order chi connectivity index (χ0) is 16.1. The summed E-state index contributed by atoms with van der Waals surface area (Å²) in [6.07, 6.45) is 5.34. The highest BCUT2D eigenvalue weighted by molar-refractivity contribution is 6.07. The highest BCUT2D eigenvalue weighted by Crippen LogP contribution is 2.24. The summed E-state index contributed by atoms with van der Waals surface area (Å²) in [5.74, 6) is 0.476. The van der Waals surface area contributed by atoms with Crippen LogP contribution in [0.4, 0.5) is 5.82 Å². The van der Waals surface area contributed by atoms with E-state index in [0.717, 1.165) is 36.1 Å². The lowest BCUT2D eigenvalue weighted by Crippen LogP contribution is -2.22. The highest BCUT2D eigenvalue weighted by atomic mass is 16.5. The minimum absolute atomic E-state index is 0.353. The highest BCUT2D eigenvalue weighted by Gasteiger charge is 2.14. The average molecular weight is 313 g/mol. The van der Waals surface area contributed by atoms with Gasteiger partial charge in [0.05, 0.1) is 12.7 Å². The molecule has 0 unspecified atom stereocenters. The molecule has 1 aromatic heterocycles. The minimum atomic E-state index is -0.353. The SMILES string of the molecule is COC(=O)c1cnc(NCCCN2CCCC2)c2ccccc12. The molecule has 0 spiro atoms. The number of pyridine rings is 1. The van der Waals surface area contributed by atoms with E-state index in [4.69, 9.17) is 4.74 Å². The molecule has 0 atom stereocenters. The minimum Gasteiger partial charge on any atom is -0.465 e. The van der Waals surface area contributed by atoms with Crippen LogP contribution in [0.1, 0.15) is 29.6 Å². The standard InChI is InChI=1S/C18H23N3O2/c1-23-18(22)16-13-20-17(15-8-3-2-7-14(15)16)19-9-6-12-21-10-4-5-11-21/h2-3,7-8,13H,4-6,9-12H2,1H3,(H,19,20). The van der Waals surface area contributed by atoms with Gasteiger partial charge in [-0.1, -0.05) is 24.3 Å². The maximum atomic E-state index is 11.9. The van der Waals surface area contributed by atoms with Crippen LogP contribution in [0, 0.1) is 0 Å². The Bertz CT molecular complexity index is 681. The van der Waals surface area contributed by atoms with Crippen molar-refractivity contribution in [3.05, 3.63) is 36.0 Å². The van der Waals surface area contributed by atoms with Crippen molar-refractivity contribution in [2.75, 3.05) is 38.6 Å². The molecule has 1 saturated heterocycles. The summed E-state index contributed by atoms with van der Waals surface area (Å²) in [6.45, 7) is 4.47. The van der Waals surface area contributed by atoms with Crippen molar-refractivity contribution in [3.63, 3.8) is 0 Å². The van der Waals surface area contributed by atoms with Crippen LogP contribution in [0.25, 0.3) is 10.8 Å². The first-order chi connectivity index (χ1) is 11.3. The van der Waals surface area contributed by atoms with Crippen LogP contribution in [0.15, 0.2) is 30.5 Å². The molecule has 1 N–H and O–H groups in total. The molecule has 0 saturated carbocycles. The quantitative estimate of drug-likeness (QED) is 0.656. The summed E-state index contributed by atoms with van der Waals surface area (Å²) >= 11 is 0. The second kappa shape index (κ2) is 7.42. The monoisotopic (exact) mass is 313 g/mol. The predicted octanol–water partition coefficient (Wildman–Crippen LogP) is 2.92. The van der Waals surface area contributed by atoms with Crippen molar-refractivity contribution in [1.82, 2.24) is 9.88 Å². The fraction of sp³-hybridized carbons (Fsp3) is 0.444. The lowest BCUT2D eigenvalue weighted by molar-refractivity contribution is 0.0602. The molecule has 0 radical (unpaired) electrons. The van der Waals surface area contributed by atoms with Gasteiger partial charge in [0.25, 0.3) is 0 Å². The largest absolute Gasteiger partial charge is 0.465 e. The van der Waals surface area contributed by atoms with Crippen molar-refractivity contribution in [2.45, 2.75) is 19.3 Å². The molecule has 1 aliphatic heterocycles. The van der Waals surface area contributed by atoms with Crippen LogP contribution in [-0.2, 0) is 4.74 Å². The molecule has 0 aliphatic carbocycles. The maximum absolute atomic E-state index is 11.9. The Morgan fingerprint density at radius 3 is 2.74 bits per heavy atom. The van der Waals surface area contributed by atoms with Gasteiger partial charge < -0.3 is 15.0 Å². The molecule has 1 aromatic carbocycles. The second-order valence-corrected chi connectivity index (χ2v) is 5.89. The number of rotatable bonds is 6. The summed E-state index contributed by atoms with van der Waals surface area (Å²) in [5, 5.41) is 5.23. The van der Waals surface area contributed by atoms with Crippen molar-refractivity contribution >= 4 is 22.6 Å². The molecule has 0 amide bonds. The normalized spacial score (nSPS) is 15.0. The first-order valence-electron chi connectivity index (χ1n) is 8.22. The number of likely N-dealkylation sites (tertiary alicyclic amines) is 1. The van der Waals surface area contributed by atoms with Gasteiger partial charge in [-0.05, 0) is 38.9 Å². The number of hydrogen-bond acceptors (Lipinski definition) is 5. The number of ether oxygens (including phenoxy) is 1. The van der Waals surface area contributed by atoms with Crippen molar-refractivity contribution in [3.8, 4) is 0 Å². The number of carbonyl (C=O) groups excluding carboxylic acids is 1. The number of benzene rings is 1. The predicted molar refractivity (Wildman–Crippen MR) is 91.9 cm³/mol. The smallest absolute Gasteiger partial charge is 0.340 e. The number of aromatic nitrogens is 1. The molecular weight excluding hydrogens is 290 g/mol. The molecule has 23 heavy (non-hydrogen) atoms. The third-order valence-electron chi connectivity index (χ3n) is 4.34. The van der Waals surface area contributed by atoms with Gasteiger partial charge in [0.2, 0.25) is 0 Å². The van der Waals surface area contributed by atoms with E-state index in [2.05, 4.69) is 15.2 Å². The Morgan fingerprint density at radius 1 is 1.26 bits per heavy atom. The van der Waals surface area contributed by atoms with Gasteiger partial charge in [-0.15, -0.1) is 0 Å². The number of esters is 1. The third-order valence-corrected chi connectivity index (χ3v) is 4.34. The topological polar surface area (TPSA) is 54.5 Å². The first-order valence-corrected chi connectivity index (χ1v) is 8.22. The van der Waals surface area contributed by atoms with Crippen LogP contribution in [-0.4, -0.2) is 49.1 Å². The Labute approximate surface area is 136 Å². The lowest BCUT2D eigenvalue weighted by atomic mass is 10.1. The Morgan fingerprint density at radius 2 is 2.00 bits per heavy atom. The van der Waals surface area contributed by atoms with Crippen LogP contribution >= 0.6 is 0 Å². The van der Waals surface area contributed by atoms with E-state index in [1.54, 1.807) is 6.20 Å². The zero-order valence-corrected chi connectivity index (χ0v) is 13.5. The molecular formula is C18H23N3O2. The van der Waals surface area contributed by atoms with E-state index in [-0.39, 0.29) is 5.97 Å². The van der Waals surface area contributed by atoms with Crippen molar-refractivity contribution in [1.29, 1.82) is 0 Å². The first kappa shape index (κ1) is 15.7. The number of carbonyl (C=O) groups is 1. The van der Waals surface area contributed by atoms with Gasteiger partial charge in [0.1, 0.15) is 5.82 Å². The zero-order valence-electron chi connectivity index (χ0n) is 13.5. The third kappa shape index (κ3) is 3.62. The van der Waals surface area contributed by atoms with Gasteiger partial charge in [-0.25, -0.2) is 9.78 Å². The Hall–Kier alpha value is -2.14. The molecule has 5 heteroatoms. The molecule has 122 valence electrons. The Kier molecular flexibility index (Phi) is 5.08. The fourth-order valence-corrected chi connectivity index (χ4v) is 3.12. The van der Waals surface area contributed by atoms with Crippen LogP contribution in [0.3, 0.4) is 0 Å². The van der Waals surface area contributed by atoms with E-state index < -0.39 is 0 Å². The molecule has 3 rings (SSSR count). The molecule has 5 nitrogen and oxygen atoms in total. The van der Waals surface area contributed by atoms with E-state index in [1.165, 1.54) is 33.0 Å². The van der Waals surface area contributed by atoms with Gasteiger partial charge >= 0.3 is 5.97 Å². The summed E-state index contributed by atoms with van der Waals surface area (Å²) in [6, 6.07) is 7.79. The van der Waals surface area contributed by atoms with E-state index >= 15 is 0 Å². The number of fused-ring (bicyclic) bond motifs is 1. The molecule has 2 heterocycles. The second-order valence-electron chi connectivity index (χ2n) is 5.89. The summed E-state index contributed by atoms with van der Waals surface area (Å²) in [5.41, 5.74) is 0.505. The van der Waals surface area contributed by atoms with Gasteiger partial charge in [0.15, 0.2) is 0 Å². The van der Waals surface area contributed by atoms with E-state index in [1.807, 2.05) is 24.3 Å². The number of nitrogens with one attached hydrogen (secondary N) is 1. The fourth-order valence-electron chi connectivity index (χ4n) is 3.12. The van der Waals surface area contributed by atoms with E-state index in [0.29, 0.717) is 5.56 Å². The number of hydrogen-bond donors (Lipinski definition) is 1. The summed E-state index contributed by atoms with van der Waals surface area (Å²) in [7, 11) is 1.39. The number of nitrogens with zero attached hydrogens (tertiary/aromatic N) is 2. The molecule has 0 bridgehead atoms. The Balaban J connectivity index is 1.69. The van der Waals surface area contributed by atoms with Crippen LogP contribution in [0.2, 0.25) is 0 Å². The average Bonchev–Trinajstić information content (AvgIpc) is 3.11. The van der Waals surface area contributed by atoms with Crippen LogP contribution in [0.5, 0.6) is 0 Å². The molecule has 2 aromatic rings. The van der Waals surface area contributed by atoms with Crippen LogP contribution < -0.4 is 5.32 Å². The maximum Gasteiger partial charge on any atom is 0.340 e. The van der Waals surface area contributed by atoms with E-state index in [9.17, 15) is 4.79 Å². The summed E-state index contributed by atoms with van der Waals surface area (Å²) in [4.78, 5) is 18.8. The summed E-state index contributed by atoms with van der Waals surface area (Å²) < 4.78 is 4.83. The van der Waals surface area contributed by atoms with Crippen molar-refractivity contribution < 1.29 is 9.53 Å². The molecule has 1 fully saturated rings. The number of anilines is 1. The van der Waals surface area contributed by atoms with Gasteiger partial charge in [-0.3, -0.25) is 0 Å². The lowest BCUT2D eigenvalue weighted by Gasteiger charge is -2.15. The van der Waals surface area contributed by atoms with Gasteiger partial charge in [0, 0.05) is 23.5 Å². The number of methoxy groups -OCH3 is 1. The van der Waals surface area contributed by atoms with Gasteiger partial charge in [-0.2, -0.15) is 0 Å². The van der Waals surface area contributed by atoms with Crippen molar-refractivity contribution in [2.24, 2.45) is 0 Å². The molecule has 1 aliphatic rings.